The van der Waals surface area contributed by atoms with Crippen LogP contribution in [0.1, 0.15) is 21.7 Å². The third kappa shape index (κ3) is 4.58. The molecule has 3 rings (SSSR count). The molecule has 0 fully saturated rings. The van der Waals surface area contributed by atoms with Gasteiger partial charge in [-0.15, -0.1) is 4.83 Å². The number of ether oxygens (including phenoxy) is 2. The van der Waals surface area contributed by atoms with E-state index in [4.69, 9.17) is 19.0 Å². The number of carbonyl (C=O) groups is 2. The summed E-state index contributed by atoms with van der Waals surface area (Å²) in [5.74, 6) is -2.12. The zero-order valence-electron chi connectivity index (χ0n) is 17.3. The van der Waals surface area contributed by atoms with Gasteiger partial charge in [0.1, 0.15) is 10.5 Å². The SMILES string of the molecule is COc1cc(/C=C/C(=O)O)cc(S(=O)(=O)NNC(=O)c2oc3ccccc3c2C)c1OC. The fraction of sp³-hybridized carbons (Fsp3) is 0.143. The summed E-state index contributed by atoms with van der Waals surface area (Å²) in [7, 11) is -1.80. The van der Waals surface area contributed by atoms with Crippen LogP contribution in [0.2, 0.25) is 0 Å². The summed E-state index contributed by atoms with van der Waals surface area (Å²) >= 11 is 0. The van der Waals surface area contributed by atoms with Gasteiger partial charge in [0.2, 0.25) is 0 Å². The number of hydrazine groups is 1. The number of para-hydroxylation sites is 1. The van der Waals surface area contributed by atoms with Gasteiger partial charge in [-0.25, -0.2) is 13.2 Å². The van der Waals surface area contributed by atoms with Gasteiger partial charge in [-0.05, 0) is 36.8 Å². The number of sulfonamides is 1. The van der Waals surface area contributed by atoms with E-state index in [0.29, 0.717) is 11.1 Å². The number of benzene rings is 2. The van der Waals surface area contributed by atoms with E-state index in [1.54, 1.807) is 31.2 Å². The highest BCUT2D eigenvalue weighted by Gasteiger charge is 2.26. The molecule has 10 nitrogen and oxygen atoms in total. The summed E-state index contributed by atoms with van der Waals surface area (Å²) in [6, 6.07) is 9.61. The third-order valence-electron chi connectivity index (χ3n) is 4.52. The maximum Gasteiger partial charge on any atom is 0.328 e. The molecule has 0 saturated carbocycles. The van der Waals surface area contributed by atoms with E-state index in [-0.39, 0.29) is 27.7 Å². The summed E-state index contributed by atoms with van der Waals surface area (Å²) in [5, 5.41) is 9.56. The summed E-state index contributed by atoms with van der Waals surface area (Å²) in [4.78, 5) is 25.0. The fourth-order valence-electron chi connectivity index (χ4n) is 3.03. The number of carboxylic acids is 1. The molecule has 0 aliphatic heterocycles. The second-order valence-corrected chi connectivity index (χ2v) is 8.19. The average Bonchev–Trinajstić information content (AvgIpc) is 3.12. The Labute approximate surface area is 183 Å². The molecule has 32 heavy (non-hydrogen) atoms. The largest absolute Gasteiger partial charge is 0.493 e. The molecule has 1 amide bonds. The molecule has 3 N–H and O–H groups in total. The van der Waals surface area contributed by atoms with Crippen LogP contribution in [0.3, 0.4) is 0 Å². The van der Waals surface area contributed by atoms with Crippen molar-refractivity contribution in [2.45, 2.75) is 11.8 Å². The number of furan rings is 1. The second kappa shape index (κ2) is 9.12. The zero-order valence-corrected chi connectivity index (χ0v) is 18.1. The Morgan fingerprint density at radius 1 is 1.12 bits per heavy atom. The molecule has 168 valence electrons. The van der Waals surface area contributed by atoms with Gasteiger partial charge in [0, 0.05) is 17.0 Å². The molecule has 0 spiro atoms. The standard InChI is InChI=1S/C21H20N2O8S/c1-12-14-6-4-5-7-15(14)31-19(12)21(26)22-23-32(27,28)17-11-13(8-9-18(24)25)10-16(29-2)20(17)30-3/h4-11,23H,1-3H3,(H,22,26)(H,24,25)/b9-8+. The van der Waals surface area contributed by atoms with Crippen LogP contribution in [0.4, 0.5) is 0 Å². The first kappa shape index (κ1) is 22.8. The lowest BCUT2D eigenvalue weighted by Gasteiger charge is -2.15. The molecule has 2 aromatic carbocycles. The number of carbonyl (C=O) groups excluding carboxylic acids is 1. The predicted molar refractivity (Wildman–Crippen MR) is 115 cm³/mol. The van der Waals surface area contributed by atoms with Crippen LogP contribution in [0.15, 0.2) is 51.8 Å². The van der Waals surface area contributed by atoms with E-state index in [1.165, 1.54) is 32.4 Å². The molecular weight excluding hydrogens is 440 g/mol. The molecule has 0 aliphatic rings. The first-order valence-electron chi connectivity index (χ1n) is 9.15. The number of hydrogen-bond donors (Lipinski definition) is 3. The first-order valence-corrected chi connectivity index (χ1v) is 10.6. The number of amides is 1. The minimum Gasteiger partial charge on any atom is -0.493 e. The van der Waals surface area contributed by atoms with E-state index >= 15 is 0 Å². The van der Waals surface area contributed by atoms with Crippen LogP contribution in [-0.2, 0) is 14.8 Å². The Morgan fingerprint density at radius 2 is 1.84 bits per heavy atom. The number of carboxylic acid groups (broad SMARTS) is 1. The molecule has 1 heterocycles. The smallest absolute Gasteiger partial charge is 0.328 e. The number of aryl methyl sites for hydroxylation is 1. The summed E-state index contributed by atoms with van der Waals surface area (Å²) in [6.07, 6.45) is 2.04. The van der Waals surface area contributed by atoms with Gasteiger partial charge in [0.25, 0.3) is 10.0 Å². The molecule has 0 unspecified atom stereocenters. The van der Waals surface area contributed by atoms with Crippen molar-refractivity contribution in [3.05, 3.63) is 59.4 Å². The van der Waals surface area contributed by atoms with Crippen molar-refractivity contribution in [3.8, 4) is 11.5 Å². The van der Waals surface area contributed by atoms with Gasteiger partial charge in [-0.1, -0.05) is 18.2 Å². The molecule has 0 atom stereocenters. The van der Waals surface area contributed by atoms with Crippen LogP contribution < -0.4 is 19.7 Å². The van der Waals surface area contributed by atoms with Crippen molar-refractivity contribution in [1.82, 2.24) is 10.3 Å². The third-order valence-corrected chi connectivity index (χ3v) is 5.78. The average molecular weight is 460 g/mol. The normalized spacial score (nSPS) is 11.6. The van der Waals surface area contributed by atoms with Crippen molar-refractivity contribution in [2.24, 2.45) is 0 Å². The van der Waals surface area contributed by atoms with Gasteiger partial charge in [0.15, 0.2) is 17.3 Å². The van der Waals surface area contributed by atoms with Gasteiger partial charge in [-0.2, -0.15) is 0 Å². The predicted octanol–water partition coefficient (Wildman–Crippen LogP) is 2.48. The van der Waals surface area contributed by atoms with Gasteiger partial charge >= 0.3 is 11.9 Å². The van der Waals surface area contributed by atoms with Crippen LogP contribution in [0, 0.1) is 6.92 Å². The molecule has 3 aromatic rings. The Bertz CT molecular complexity index is 1330. The minimum absolute atomic E-state index is 0.0448. The molecule has 0 radical (unpaired) electrons. The van der Waals surface area contributed by atoms with Crippen molar-refractivity contribution in [3.63, 3.8) is 0 Å². The summed E-state index contributed by atoms with van der Waals surface area (Å²) in [5.41, 5.74) is 3.39. The maximum atomic E-state index is 12.9. The minimum atomic E-state index is -4.35. The van der Waals surface area contributed by atoms with Gasteiger partial charge in [0.05, 0.1) is 14.2 Å². The number of nitrogens with one attached hydrogen (secondary N) is 2. The number of aliphatic carboxylic acids is 1. The Morgan fingerprint density at radius 3 is 2.47 bits per heavy atom. The monoisotopic (exact) mass is 460 g/mol. The zero-order chi connectivity index (χ0) is 23.5. The second-order valence-electron chi connectivity index (χ2n) is 6.54. The van der Waals surface area contributed by atoms with Gasteiger partial charge < -0.3 is 19.0 Å². The lowest BCUT2D eigenvalue weighted by atomic mass is 10.1. The van der Waals surface area contributed by atoms with Crippen LogP contribution in [0.25, 0.3) is 17.0 Å². The van der Waals surface area contributed by atoms with E-state index in [9.17, 15) is 18.0 Å². The maximum absolute atomic E-state index is 12.9. The molecular formula is C21H20N2O8S. The lowest BCUT2D eigenvalue weighted by molar-refractivity contribution is -0.131. The highest BCUT2D eigenvalue weighted by Crippen LogP contribution is 2.36. The van der Waals surface area contributed by atoms with E-state index in [1.807, 2.05) is 4.83 Å². The quantitative estimate of drug-likeness (QED) is 0.343. The number of rotatable bonds is 8. The highest BCUT2D eigenvalue weighted by atomic mass is 32.2. The van der Waals surface area contributed by atoms with Crippen molar-refractivity contribution in [1.29, 1.82) is 0 Å². The highest BCUT2D eigenvalue weighted by molar-refractivity contribution is 7.89. The van der Waals surface area contributed by atoms with Gasteiger partial charge in [-0.3, -0.25) is 10.2 Å². The molecule has 1 aromatic heterocycles. The molecule has 0 aliphatic carbocycles. The Hall–Kier alpha value is -3.83. The molecule has 11 heteroatoms. The number of fused-ring (bicyclic) bond motifs is 1. The van der Waals surface area contributed by atoms with E-state index in [0.717, 1.165) is 11.5 Å². The first-order chi connectivity index (χ1) is 15.2. The van der Waals surface area contributed by atoms with Crippen molar-refractivity contribution >= 4 is 38.9 Å². The van der Waals surface area contributed by atoms with Crippen molar-refractivity contribution < 1.29 is 37.0 Å². The van der Waals surface area contributed by atoms with Crippen LogP contribution in [-0.4, -0.2) is 39.6 Å². The number of methoxy groups -OCH3 is 2. The van der Waals surface area contributed by atoms with Crippen LogP contribution >= 0.6 is 0 Å². The Kier molecular flexibility index (Phi) is 6.51. The topological polar surface area (TPSA) is 144 Å². The molecule has 0 bridgehead atoms. The van der Waals surface area contributed by atoms with E-state index in [2.05, 4.69) is 5.43 Å². The van der Waals surface area contributed by atoms with Crippen molar-refractivity contribution in [2.75, 3.05) is 14.2 Å². The van der Waals surface area contributed by atoms with E-state index < -0.39 is 21.9 Å². The Balaban J connectivity index is 1.92. The summed E-state index contributed by atoms with van der Waals surface area (Å²) in [6.45, 7) is 1.68. The fourth-order valence-corrected chi connectivity index (χ4v) is 4.09. The number of hydrogen-bond acceptors (Lipinski definition) is 7. The van der Waals surface area contributed by atoms with Crippen LogP contribution in [0.5, 0.6) is 11.5 Å². The molecule has 0 saturated heterocycles. The lowest BCUT2D eigenvalue weighted by Crippen LogP contribution is -2.41. The summed E-state index contributed by atoms with van der Waals surface area (Å²) < 4.78 is 41.7.